The monoisotopic (exact) mass is 503 g/mol. The molecule has 4 aromatic rings. The Balaban J connectivity index is 1.53. The van der Waals surface area contributed by atoms with Crippen LogP contribution in [-0.4, -0.2) is 64.3 Å². The number of rotatable bonds is 8. The molecule has 4 heterocycles. The second-order valence-electron chi connectivity index (χ2n) is 8.34. The zero-order chi connectivity index (χ0) is 26.1. The summed E-state index contributed by atoms with van der Waals surface area (Å²) in [5.74, 6) is 2.25. The number of carbonyl (C=O) groups is 1. The van der Waals surface area contributed by atoms with E-state index in [9.17, 15) is 10.1 Å². The number of nitriles is 1. The van der Waals surface area contributed by atoms with Crippen molar-refractivity contribution in [1.29, 1.82) is 5.26 Å². The van der Waals surface area contributed by atoms with Crippen LogP contribution in [0.2, 0.25) is 0 Å². The van der Waals surface area contributed by atoms with Gasteiger partial charge < -0.3 is 39.7 Å². The van der Waals surface area contributed by atoms with Gasteiger partial charge >= 0.3 is 0 Å². The van der Waals surface area contributed by atoms with Crippen LogP contribution in [0.3, 0.4) is 0 Å². The van der Waals surface area contributed by atoms with Crippen LogP contribution < -0.4 is 30.2 Å². The van der Waals surface area contributed by atoms with E-state index in [4.69, 9.17) is 19.9 Å². The summed E-state index contributed by atoms with van der Waals surface area (Å²) >= 11 is 0. The number of hydrogen-bond acceptors (Lipinski definition) is 10. The van der Waals surface area contributed by atoms with Crippen LogP contribution in [-0.2, 0) is 4.79 Å². The first-order valence-electron chi connectivity index (χ1n) is 11.4. The van der Waals surface area contributed by atoms with Crippen molar-refractivity contribution < 1.29 is 19.0 Å². The molecular formula is C24H25N9O4. The summed E-state index contributed by atoms with van der Waals surface area (Å²) in [7, 11) is 4.64. The maximum atomic E-state index is 12.0. The molecule has 3 aromatic heterocycles. The number of imidazole rings is 1. The molecule has 5 rings (SSSR count). The van der Waals surface area contributed by atoms with Crippen molar-refractivity contribution in [2.24, 2.45) is 5.73 Å². The maximum Gasteiger partial charge on any atom is 0.240 e. The van der Waals surface area contributed by atoms with E-state index in [-0.39, 0.29) is 0 Å². The van der Waals surface area contributed by atoms with E-state index in [0.717, 1.165) is 12.1 Å². The van der Waals surface area contributed by atoms with Crippen molar-refractivity contribution in [3.05, 3.63) is 36.4 Å². The van der Waals surface area contributed by atoms with Crippen molar-refractivity contribution >= 4 is 34.5 Å². The number of H-pyrrole nitrogens is 1. The minimum Gasteiger partial charge on any atom is -0.493 e. The van der Waals surface area contributed by atoms with Gasteiger partial charge in [0.25, 0.3) is 0 Å². The molecule has 1 saturated heterocycles. The number of methoxy groups -OCH3 is 3. The molecule has 0 unspecified atom stereocenters. The molecule has 13 nitrogen and oxygen atoms in total. The smallest absolute Gasteiger partial charge is 0.240 e. The van der Waals surface area contributed by atoms with Crippen LogP contribution in [0, 0.1) is 11.3 Å². The Kier molecular flexibility index (Phi) is 6.14. The van der Waals surface area contributed by atoms with Gasteiger partial charge in [0.05, 0.1) is 44.2 Å². The van der Waals surface area contributed by atoms with E-state index < -0.39 is 11.9 Å². The highest BCUT2D eigenvalue weighted by molar-refractivity contribution is 5.95. The third kappa shape index (κ3) is 4.18. The van der Waals surface area contributed by atoms with Crippen LogP contribution in [0.4, 0.5) is 17.6 Å². The lowest BCUT2D eigenvalue weighted by molar-refractivity contribution is -0.119. The van der Waals surface area contributed by atoms with E-state index in [1.807, 2.05) is 0 Å². The van der Waals surface area contributed by atoms with Gasteiger partial charge in [-0.1, -0.05) is 0 Å². The number of benzene rings is 1. The van der Waals surface area contributed by atoms with Crippen LogP contribution >= 0.6 is 0 Å². The Labute approximate surface area is 211 Å². The minimum absolute atomic E-state index is 0.340. The summed E-state index contributed by atoms with van der Waals surface area (Å²) in [6, 6.07) is 5.26. The standard InChI is InChI=1S/C24H25N9O4/c1-35-16-7-14(8-17(36-2)20(16)37-3)32-11-18(28-12-32)29-23-19-13(9-25)10-27-22(19)30-24(31-23)33-6-4-5-15(33)21(26)34/h7-8,10-12,15H,4-6H2,1-3H3,(H2,26,34)(H2,27,29,30,31)/t15-/m0/s1. The molecule has 1 aromatic carbocycles. The fourth-order valence-corrected chi connectivity index (χ4v) is 4.50. The summed E-state index contributed by atoms with van der Waals surface area (Å²) in [6.07, 6.45) is 6.37. The fourth-order valence-electron chi connectivity index (χ4n) is 4.50. The molecule has 13 heteroatoms. The number of hydrogen-bond donors (Lipinski definition) is 3. The first-order chi connectivity index (χ1) is 18.0. The first-order valence-corrected chi connectivity index (χ1v) is 11.4. The minimum atomic E-state index is -0.491. The molecule has 37 heavy (non-hydrogen) atoms. The average Bonchev–Trinajstić information content (AvgIpc) is 3.67. The van der Waals surface area contributed by atoms with Gasteiger partial charge in [-0.2, -0.15) is 15.2 Å². The molecule has 4 N–H and O–H groups in total. The number of amides is 1. The zero-order valence-corrected chi connectivity index (χ0v) is 20.5. The van der Waals surface area contributed by atoms with Crippen molar-refractivity contribution in [2.45, 2.75) is 18.9 Å². The molecule has 1 atom stereocenters. The molecule has 1 amide bonds. The zero-order valence-electron chi connectivity index (χ0n) is 20.5. The Bertz CT molecular complexity index is 1500. The predicted octanol–water partition coefficient (Wildman–Crippen LogP) is 2.24. The highest BCUT2D eigenvalue weighted by Crippen LogP contribution is 2.39. The van der Waals surface area contributed by atoms with Gasteiger partial charge in [0.1, 0.15) is 35.7 Å². The van der Waals surface area contributed by atoms with Crippen molar-refractivity contribution in [3.63, 3.8) is 0 Å². The number of primary amides is 1. The molecule has 1 aliphatic heterocycles. The SMILES string of the molecule is COc1cc(-n2cnc(Nc3nc(N4CCC[C@H]4C(N)=O)nc4[nH]cc(C#N)c34)c2)cc(OC)c1OC. The molecule has 0 radical (unpaired) electrons. The number of aromatic amines is 1. The Hall–Kier alpha value is -4.99. The second-order valence-corrected chi connectivity index (χ2v) is 8.34. The van der Waals surface area contributed by atoms with Crippen LogP contribution in [0.1, 0.15) is 18.4 Å². The number of fused-ring (bicyclic) bond motifs is 1. The van der Waals surface area contributed by atoms with Crippen molar-refractivity contribution in [2.75, 3.05) is 38.1 Å². The van der Waals surface area contributed by atoms with E-state index in [2.05, 4.69) is 31.3 Å². The Morgan fingerprint density at radius 2 is 1.97 bits per heavy atom. The molecule has 1 fully saturated rings. The maximum absolute atomic E-state index is 12.0. The molecule has 0 aliphatic carbocycles. The lowest BCUT2D eigenvalue weighted by Gasteiger charge is -2.22. The number of nitrogens with one attached hydrogen (secondary N) is 2. The molecule has 1 aliphatic rings. The van der Waals surface area contributed by atoms with Gasteiger partial charge in [0.15, 0.2) is 11.5 Å². The lowest BCUT2D eigenvalue weighted by atomic mass is 10.2. The van der Waals surface area contributed by atoms with Gasteiger partial charge in [0.2, 0.25) is 17.6 Å². The number of nitrogens with zero attached hydrogens (tertiary/aromatic N) is 6. The Morgan fingerprint density at radius 3 is 2.62 bits per heavy atom. The van der Waals surface area contributed by atoms with Gasteiger partial charge in [-0.25, -0.2) is 4.98 Å². The number of nitrogens with two attached hydrogens (primary N) is 1. The van der Waals surface area contributed by atoms with Crippen LogP contribution in [0.5, 0.6) is 17.2 Å². The van der Waals surface area contributed by atoms with Crippen molar-refractivity contribution in [3.8, 4) is 29.0 Å². The summed E-state index contributed by atoms with van der Waals surface area (Å²) in [5.41, 5.74) is 7.17. The first kappa shape index (κ1) is 23.7. The van der Waals surface area contributed by atoms with Gasteiger partial charge in [-0.05, 0) is 12.8 Å². The van der Waals surface area contributed by atoms with Crippen molar-refractivity contribution in [1.82, 2.24) is 24.5 Å². The molecule has 0 spiro atoms. The quantitative estimate of drug-likeness (QED) is 0.324. The van der Waals surface area contributed by atoms with E-state index in [1.54, 1.807) is 61.7 Å². The average molecular weight is 504 g/mol. The van der Waals surface area contributed by atoms with E-state index >= 15 is 0 Å². The molecule has 0 bridgehead atoms. The summed E-state index contributed by atoms with van der Waals surface area (Å²) in [5, 5.41) is 13.3. The number of ether oxygens (including phenoxy) is 3. The Morgan fingerprint density at radius 1 is 1.22 bits per heavy atom. The van der Waals surface area contributed by atoms with Crippen LogP contribution in [0.25, 0.3) is 16.7 Å². The normalized spacial score (nSPS) is 15.0. The van der Waals surface area contributed by atoms with Gasteiger partial charge in [-0.15, -0.1) is 0 Å². The molecular weight excluding hydrogens is 478 g/mol. The summed E-state index contributed by atoms with van der Waals surface area (Å²) in [4.78, 5) is 30.5. The third-order valence-electron chi connectivity index (χ3n) is 6.26. The number of anilines is 3. The molecule has 190 valence electrons. The van der Waals surface area contributed by atoms with Gasteiger partial charge in [-0.3, -0.25) is 4.79 Å². The summed E-state index contributed by atoms with van der Waals surface area (Å²) < 4.78 is 18.1. The fraction of sp³-hybridized carbons (Fsp3) is 0.292. The number of aromatic nitrogens is 5. The highest BCUT2D eigenvalue weighted by Gasteiger charge is 2.32. The van der Waals surface area contributed by atoms with E-state index in [0.29, 0.717) is 64.4 Å². The number of carbonyl (C=O) groups excluding carboxylic acids is 1. The van der Waals surface area contributed by atoms with Crippen LogP contribution in [0.15, 0.2) is 30.9 Å². The topological polar surface area (TPSA) is 169 Å². The second kappa shape index (κ2) is 9.57. The predicted molar refractivity (Wildman–Crippen MR) is 135 cm³/mol. The molecule has 0 saturated carbocycles. The van der Waals surface area contributed by atoms with E-state index in [1.165, 1.54) is 0 Å². The highest BCUT2D eigenvalue weighted by atomic mass is 16.5. The largest absolute Gasteiger partial charge is 0.493 e. The van der Waals surface area contributed by atoms with Gasteiger partial charge in [0, 0.05) is 24.9 Å². The third-order valence-corrected chi connectivity index (χ3v) is 6.26. The lowest BCUT2D eigenvalue weighted by Crippen LogP contribution is -2.41. The summed E-state index contributed by atoms with van der Waals surface area (Å²) in [6.45, 7) is 0.597.